The Balaban J connectivity index is 1.45. The maximum atomic E-state index is 6.10. The van der Waals surface area contributed by atoms with Crippen molar-refractivity contribution in [2.75, 3.05) is 18.5 Å². The summed E-state index contributed by atoms with van der Waals surface area (Å²) in [7, 11) is 0. The molecule has 0 bridgehead atoms. The first-order chi connectivity index (χ1) is 16.3. The van der Waals surface area contributed by atoms with E-state index in [2.05, 4.69) is 25.4 Å². The molecule has 1 atom stereocenters. The van der Waals surface area contributed by atoms with Crippen LogP contribution in [0.15, 0.2) is 40.9 Å². The number of aryl methyl sites for hydroxylation is 1. The molecule has 5 heterocycles. The summed E-state index contributed by atoms with van der Waals surface area (Å²) >= 11 is 0. The number of nitrogens with one attached hydrogen (secondary N) is 1. The largest absolute Gasteiger partial charge is 0.458 e. The van der Waals surface area contributed by atoms with Crippen molar-refractivity contribution in [2.24, 2.45) is 0 Å². The Morgan fingerprint density at radius 3 is 2.76 bits per heavy atom. The number of anilines is 1. The first-order valence-electron chi connectivity index (χ1n) is 11.3. The molecule has 1 aliphatic heterocycles. The highest BCUT2D eigenvalue weighted by Gasteiger charge is 2.21. The Labute approximate surface area is 197 Å². The first-order valence-corrected chi connectivity index (χ1v) is 11.3. The Hall–Kier alpha value is -3.50. The van der Waals surface area contributed by atoms with Crippen LogP contribution in [-0.4, -0.2) is 49.4 Å². The van der Waals surface area contributed by atoms with Gasteiger partial charge in [0, 0.05) is 18.2 Å². The van der Waals surface area contributed by atoms with E-state index in [9.17, 15) is 0 Å². The highest BCUT2D eigenvalue weighted by Crippen LogP contribution is 2.29. The third-order valence-corrected chi connectivity index (χ3v) is 5.13. The summed E-state index contributed by atoms with van der Waals surface area (Å²) in [6.45, 7) is 9.77. The molecule has 0 spiro atoms. The molecule has 1 N–H and O–H groups in total. The number of rotatable bonds is 7. The van der Waals surface area contributed by atoms with E-state index >= 15 is 0 Å². The van der Waals surface area contributed by atoms with Gasteiger partial charge in [0.1, 0.15) is 5.76 Å². The lowest BCUT2D eigenvalue weighted by molar-refractivity contribution is 0.0300. The zero-order chi connectivity index (χ0) is 23.7. The Kier molecular flexibility index (Phi) is 5.93. The van der Waals surface area contributed by atoms with E-state index in [1.165, 1.54) is 0 Å². The van der Waals surface area contributed by atoms with Crippen LogP contribution in [0.3, 0.4) is 0 Å². The van der Waals surface area contributed by atoms with Gasteiger partial charge in [-0.05, 0) is 52.3 Å². The van der Waals surface area contributed by atoms with Gasteiger partial charge in [-0.25, -0.2) is 4.98 Å². The van der Waals surface area contributed by atoms with Gasteiger partial charge in [0.15, 0.2) is 11.5 Å². The summed E-state index contributed by atoms with van der Waals surface area (Å²) in [5.41, 5.74) is 1.03. The summed E-state index contributed by atoms with van der Waals surface area (Å²) < 4.78 is 24.8. The summed E-state index contributed by atoms with van der Waals surface area (Å²) in [5, 5.41) is 7.78. The van der Waals surface area contributed by atoms with E-state index in [0.29, 0.717) is 48.0 Å². The summed E-state index contributed by atoms with van der Waals surface area (Å²) in [6.07, 6.45) is 2.62. The minimum absolute atomic E-state index is 0.111. The molecule has 34 heavy (non-hydrogen) atoms. The van der Waals surface area contributed by atoms with Crippen molar-refractivity contribution in [1.82, 2.24) is 24.6 Å². The smallest absolute Gasteiger partial charge is 0.227 e. The average molecular weight is 465 g/mol. The van der Waals surface area contributed by atoms with Gasteiger partial charge in [-0.3, -0.25) is 0 Å². The van der Waals surface area contributed by atoms with Gasteiger partial charge in [-0.15, -0.1) is 0 Å². The van der Waals surface area contributed by atoms with Crippen molar-refractivity contribution in [3.63, 3.8) is 0 Å². The number of furan rings is 1. The molecule has 0 aromatic carbocycles. The van der Waals surface area contributed by atoms with Gasteiger partial charge < -0.3 is 23.9 Å². The third-order valence-electron chi connectivity index (χ3n) is 5.13. The molecule has 1 unspecified atom stereocenters. The second-order valence-electron chi connectivity index (χ2n) is 9.27. The molecule has 4 aromatic rings. The number of nitrogens with zero attached hydrogens (tertiary/aromatic N) is 5. The first kappa shape index (κ1) is 22.3. The van der Waals surface area contributed by atoms with Crippen LogP contribution in [0, 0.1) is 6.92 Å². The minimum Gasteiger partial charge on any atom is -0.458 e. The fourth-order valence-corrected chi connectivity index (χ4v) is 3.59. The van der Waals surface area contributed by atoms with Crippen LogP contribution in [-0.2, 0) is 16.1 Å². The predicted octanol–water partition coefficient (Wildman–Crippen LogP) is 4.40. The number of hydrogen-bond acceptors (Lipinski definition) is 9. The maximum Gasteiger partial charge on any atom is 0.227 e. The normalized spacial score (nSPS) is 16.3. The lowest BCUT2D eigenvalue weighted by Crippen LogP contribution is -2.27. The molecule has 10 heteroatoms. The molecule has 0 aliphatic carbocycles. The molecule has 178 valence electrons. The van der Waals surface area contributed by atoms with E-state index in [1.54, 1.807) is 16.8 Å². The van der Waals surface area contributed by atoms with E-state index < -0.39 is 0 Å². The summed E-state index contributed by atoms with van der Waals surface area (Å²) in [4.78, 5) is 13.9. The predicted molar refractivity (Wildman–Crippen MR) is 125 cm³/mol. The molecule has 1 aliphatic rings. The standard InChI is InChI=1S/C24H28N6O4/c1-15-8-9-18(33-15)21-27-23(29-24(2,3)4)28-22-19(12-25-30(21)22)34-20-7-5-6-16(26-20)13-32-17-10-11-31-14-17/h5-9,12,17H,10-11,13-14H2,1-4H3,(H,28,29). The molecule has 5 rings (SSSR count). The zero-order valence-corrected chi connectivity index (χ0v) is 19.7. The SMILES string of the molecule is Cc1ccc(-c2nc(NC(C)(C)C)nc3c(Oc4cccc(COC5CCOC5)n4)cnn23)o1. The van der Waals surface area contributed by atoms with Crippen molar-refractivity contribution in [3.8, 4) is 23.2 Å². The molecule has 10 nitrogen and oxygen atoms in total. The summed E-state index contributed by atoms with van der Waals surface area (Å²) in [5.74, 6) is 3.22. The van der Waals surface area contributed by atoms with Crippen LogP contribution in [0.5, 0.6) is 11.6 Å². The van der Waals surface area contributed by atoms with Crippen LogP contribution in [0.25, 0.3) is 17.2 Å². The highest BCUT2D eigenvalue weighted by atomic mass is 16.5. The van der Waals surface area contributed by atoms with Crippen LogP contribution in [0.4, 0.5) is 5.95 Å². The van der Waals surface area contributed by atoms with Gasteiger partial charge in [0.2, 0.25) is 23.3 Å². The van der Waals surface area contributed by atoms with E-state index in [4.69, 9.17) is 18.6 Å². The number of hydrogen-bond donors (Lipinski definition) is 1. The number of fused-ring (bicyclic) bond motifs is 1. The van der Waals surface area contributed by atoms with Crippen LogP contribution in [0.2, 0.25) is 0 Å². The van der Waals surface area contributed by atoms with Gasteiger partial charge in [0.05, 0.1) is 31.2 Å². The Bertz CT molecular complexity index is 1290. The van der Waals surface area contributed by atoms with Gasteiger partial charge in [-0.1, -0.05) is 6.07 Å². The Morgan fingerprint density at radius 2 is 2.03 bits per heavy atom. The van der Waals surface area contributed by atoms with Gasteiger partial charge in [-0.2, -0.15) is 19.6 Å². The lowest BCUT2D eigenvalue weighted by atomic mass is 10.1. The molecule has 1 fully saturated rings. The highest BCUT2D eigenvalue weighted by molar-refractivity contribution is 5.62. The zero-order valence-electron chi connectivity index (χ0n) is 19.7. The molecule has 4 aromatic heterocycles. The van der Waals surface area contributed by atoms with Crippen LogP contribution >= 0.6 is 0 Å². The molecule has 0 amide bonds. The average Bonchev–Trinajstić information content (AvgIpc) is 3.53. The third kappa shape index (κ3) is 5.02. The van der Waals surface area contributed by atoms with E-state index in [1.807, 2.05) is 52.0 Å². The van der Waals surface area contributed by atoms with Crippen molar-refractivity contribution < 1.29 is 18.6 Å². The second kappa shape index (κ2) is 9.03. The molecule has 1 saturated heterocycles. The molecule has 0 saturated carbocycles. The maximum absolute atomic E-state index is 6.10. The van der Waals surface area contributed by atoms with Crippen LogP contribution < -0.4 is 10.1 Å². The quantitative estimate of drug-likeness (QED) is 0.426. The molecular weight excluding hydrogens is 436 g/mol. The minimum atomic E-state index is -0.240. The van der Waals surface area contributed by atoms with Gasteiger partial charge >= 0.3 is 0 Å². The second-order valence-corrected chi connectivity index (χ2v) is 9.27. The monoisotopic (exact) mass is 464 g/mol. The fraction of sp³-hybridized carbons (Fsp3) is 0.417. The fourth-order valence-electron chi connectivity index (χ4n) is 3.59. The molecular formula is C24H28N6O4. The van der Waals surface area contributed by atoms with Crippen molar-refractivity contribution >= 4 is 11.6 Å². The number of aromatic nitrogens is 5. The molecule has 0 radical (unpaired) electrons. The Morgan fingerprint density at radius 1 is 1.15 bits per heavy atom. The number of pyridine rings is 1. The van der Waals surface area contributed by atoms with Crippen molar-refractivity contribution in [1.29, 1.82) is 0 Å². The van der Waals surface area contributed by atoms with Crippen LogP contribution in [0.1, 0.15) is 38.6 Å². The van der Waals surface area contributed by atoms with E-state index in [-0.39, 0.29) is 11.6 Å². The summed E-state index contributed by atoms with van der Waals surface area (Å²) in [6, 6.07) is 9.33. The van der Waals surface area contributed by atoms with Gasteiger partial charge in [0.25, 0.3) is 0 Å². The lowest BCUT2D eigenvalue weighted by Gasteiger charge is -2.20. The topological polar surface area (TPSA) is 109 Å². The number of ether oxygens (including phenoxy) is 3. The van der Waals surface area contributed by atoms with Crippen molar-refractivity contribution in [2.45, 2.75) is 52.4 Å². The van der Waals surface area contributed by atoms with Crippen molar-refractivity contribution in [3.05, 3.63) is 48.0 Å². The van der Waals surface area contributed by atoms with E-state index in [0.717, 1.165) is 24.5 Å².